The lowest BCUT2D eigenvalue weighted by atomic mass is 9.83. The van der Waals surface area contributed by atoms with Crippen molar-refractivity contribution in [2.24, 2.45) is 5.92 Å². The van der Waals surface area contributed by atoms with Crippen LogP contribution in [0.3, 0.4) is 0 Å². The van der Waals surface area contributed by atoms with E-state index in [9.17, 15) is 14.9 Å². The Morgan fingerprint density at radius 2 is 1.91 bits per heavy atom. The molecule has 9 heteroatoms. The number of non-ortho nitro benzene ring substituents is 1. The van der Waals surface area contributed by atoms with Gasteiger partial charge in [0, 0.05) is 56.4 Å². The number of para-hydroxylation sites is 1. The van der Waals surface area contributed by atoms with Crippen LogP contribution < -0.4 is 15.1 Å². The number of carbonyl (C=O) groups is 1. The van der Waals surface area contributed by atoms with Crippen LogP contribution in [0.25, 0.3) is 0 Å². The summed E-state index contributed by atoms with van der Waals surface area (Å²) in [4.78, 5) is 32.9. The van der Waals surface area contributed by atoms with Crippen LogP contribution in [0.5, 0.6) is 0 Å². The number of amides is 1. The Morgan fingerprint density at radius 3 is 2.68 bits per heavy atom. The molecule has 0 bridgehead atoms. The predicted octanol–water partition coefficient (Wildman–Crippen LogP) is 3.83. The van der Waals surface area contributed by atoms with Gasteiger partial charge in [-0.05, 0) is 47.9 Å². The molecule has 2 aromatic carbocycles. The van der Waals surface area contributed by atoms with Gasteiger partial charge in [0.05, 0.1) is 27.6 Å². The average Bonchev–Trinajstić information content (AvgIpc) is 2.87. The summed E-state index contributed by atoms with van der Waals surface area (Å²) >= 11 is 6.47. The molecule has 2 aliphatic rings. The van der Waals surface area contributed by atoms with E-state index in [1.807, 2.05) is 42.5 Å². The van der Waals surface area contributed by atoms with E-state index in [-0.39, 0.29) is 28.5 Å². The van der Waals surface area contributed by atoms with Gasteiger partial charge in [-0.25, -0.2) is 0 Å². The first-order valence-electron chi connectivity index (χ1n) is 11.2. The van der Waals surface area contributed by atoms with Gasteiger partial charge in [-0.2, -0.15) is 0 Å². The fourth-order valence-electron chi connectivity index (χ4n) is 4.97. The number of fused-ring (bicyclic) bond motifs is 3. The molecule has 3 aromatic rings. The highest BCUT2D eigenvalue weighted by atomic mass is 35.5. The molecule has 5 rings (SSSR count). The van der Waals surface area contributed by atoms with E-state index < -0.39 is 0 Å². The molecular formula is C25H24ClN5O3. The van der Waals surface area contributed by atoms with Crippen LogP contribution in [-0.4, -0.2) is 41.5 Å². The number of piperazine rings is 1. The van der Waals surface area contributed by atoms with Crippen molar-refractivity contribution in [1.82, 2.24) is 10.3 Å². The van der Waals surface area contributed by atoms with Gasteiger partial charge in [-0.1, -0.05) is 23.7 Å². The Balaban J connectivity index is 1.45. The van der Waals surface area contributed by atoms with Crippen molar-refractivity contribution in [3.05, 3.63) is 93.3 Å². The highest BCUT2D eigenvalue weighted by molar-refractivity contribution is 6.33. The lowest BCUT2D eigenvalue weighted by Crippen LogP contribution is -2.61. The maximum absolute atomic E-state index is 13.4. The largest absolute Gasteiger partial charge is 0.366 e. The summed E-state index contributed by atoms with van der Waals surface area (Å²) in [6.07, 6.45) is 3.83. The summed E-state index contributed by atoms with van der Waals surface area (Å²) in [6, 6.07) is 16.3. The van der Waals surface area contributed by atoms with Crippen molar-refractivity contribution < 1.29 is 9.72 Å². The minimum Gasteiger partial charge on any atom is -0.366 e. The number of aromatic nitrogens is 1. The molecule has 1 N–H and O–H groups in total. The first-order valence-corrected chi connectivity index (χ1v) is 11.6. The maximum atomic E-state index is 13.4. The van der Waals surface area contributed by atoms with Crippen LogP contribution in [0.4, 0.5) is 17.1 Å². The van der Waals surface area contributed by atoms with Gasteiger partial charge in [0.2, 0.25) is 5.91 Å². The number of hydrogen-bond donors (Lipinski definition) is 1. The molecule has 1 amide bonds. The molecule has 1 aromatic heterocycles. The highest BCUT2D eigenvalue weighted by Crippen LogP contribution is 2.39. The van der Waals surface area contributed by atoms with Crippen molar-refractivity contribution in [2.75, 3.05) is 29.4 Å². The minimum absolute atomic E-state index is 0.0443. The van der Waals surface area contributed by atoms with Crippen LogP contribution in [0, 0.1) is 16.0 Å². The van der Waals surface area contributed by atoms with Gasteiger partial charge < -0.3 is 15.1 Å². The number of carbonyl (C=O) groups excluding carboxylic acids is 1. The zero-order valence-electron chi connectivity index (χ0n) is 18.4. The average molecular weight is 478 g/mol. The first-order chi connectivity index (χ1) is 16.5. The zero-order chi connectivity index (χ0) is 23.7. The summed E-state index contributed by atoms with van der Waals surface area (Å²) in [5.41, 5.74) is 3.76. The van der Waals surface area contributed by atoms with E-state index in [4.69, 9.17) is 11.6 Å². The maximum Gasteiger partial charge on any atom is 0.269 e. The second-order valence-corrected chi connectivity index (χ2v) is 9.02. The van der Waals surface area contributed by atoms with Crippen LogP contribution in [0.1, 0.15) is 11.1 Å². The van der Waals surface area contributed by atoms with Crippen molar-refractivity contribution in [1.29, 1.82) is 0 Å². The molecular weight excluding hydrogens is 454 g/mol. The fourth-order valence-corrected chi connectivity index (χ4v) is 5.23. The number of nitro benzene ring substituents is 1. The lowest BCUT2D eigenvalue weighted by Gasteiger charge is -2.49. The van der Waals surface area contributed by atoms with E-state index in [2.05, 4.69) is 20.1 Å². The quantitative estimate of drug-likeness (QED) is 0.443. The predicted molar refractivity (Wildman–Crippen MR) is 131 cm³/mol. The third-order valence-electron chi connectivity index (χ3n) is 6.65. The van der Waals surface area contributed by atoms with Gasteiger partial charge in [-0.15, -0.1) is 0 Å². The summed E-state index contributed by atoms with van der Waals surface area (Å²) in [6.45, 7) is 2.46. The number of halogens is 1. The number of nitro groups is 1. The molecule has 0 radical (unpaired) electrons. The van der Waals surface area contributed by atoms with Crippen molar-refractivity contribution in [3.63, 3.8) is 0 Å². The van der Waals surface area contributed by atoms with E-state index in [0.29, 0.717) is 31.1 Å². The van der Waals surface area contributed by atoms with Crippen LogP contribution >= 0.6 is 11.6 Å². The lowest BCUT2D eigenvalue weighted by molar-refractivity contribution is -0.384. The molecule has 0 saturated carbocycles. The van der Waals surface area contributed by atoms with Crippen molar-refractivity contribution in [3.8, 4) is 0 Å². The fraction of sp³-hybridized carbons (Fsp3) is 0.280. The normalized spacial score (nSPS) is 19.2. The first kappa shape index (κ1) is 22.2. The van der Waals surface area contributed by atoms with Gasteiger partial charge in [0.25, 0.3) is 5.69 Å². The molecule has 1 fully saturated rings. The Hall–Kier alpha value is -3.65. The van der Waals surface area contributed by atoms with Gasteiger partial charge in [0.1, 0.15) is 0 Å². The van der Waals surface area contributed by atoms with Crippen LogP contribution in [0.15, 0.2) is 67.0 Å². The second-order valence-electron chi connectivity index (χ2n) is 8.61. The van der Waals surface area contributed by atoms with Gasteiger partial charge in [0.15, 0.2) is 0 Å². The van der Waals surface area contributed by atoms with Crippen LogP contribution in [-0.2, 0) is 17.8 Å². The third kappa shape index (κ3) is 4.28. The molecule has 174 valence electrons. The molecule has 0 unspecified atom stereocenters. The molecule has 0 spiro atoms. The zero-order valence-corrected chi connectivity index (χ0v) is 19.2. The van der Waals surface area contributed by atoms with E-state index in [0.717, 1.165) is 29.0 Å². The van der Waals surface area contributed by atoms with Gasteiger partial charge in [-0.3, -0.25) is 19.9 Å². The molecule has 34 heavy (non-hydrogen) atoms. The number of pyridine rings is 1. The number of nitrogens with one attached hydrogen (secondary N) is 1. The van der Waals surface area contributed by atoms with Crippen molar-refractivity contribution >= 4 is 34.6 Å². The van der Waals surface area contributed by atoms with E-state index in [1.54, 1.807) is 24.5 Å². The summed E-state index contributed by atoms with van der Waals surface area (Å²) in [5, 5.41) is 15.1. The third-order valence-corrected chi connectivity index (χ3v) is 6.97. The SMILES string of the molecule is O=C(NCc1ccncc1)[C@@H]1Cc2cc([N+](=O)[O-])ccc2N2CCN(c3ccccc3Cl)C[C@H]12. The minimum atomic E-state index is -0.389. The topological polar surface area (TPSA) is 91.6 Å². The summed E-state index contributed by atoms with van der Waals surface area (Å²) in [7, 11) is 0. The number of rotatable bonds is 5. The highest BCUT2D eigenvalue weighted by Gasteiger charge is 2.42. The van der Waals surface area contributed by atoms with Crippen molar-refractivity contribution in [2.45, 2.75) is 19.0 Å². The molecule has 1 saturated heterocycles. The Morgan fingerprint density at radius 1 is 1.12 bits per heavy atom. The van der Waals surface area contributed by atoms with E-state index in [1.165, 1.54) is 0 Å². The Kier molecular flexibility index (Phi) is 6.06. The van der Waals surface area contributed by atoms with Gasteiger partial charge >= 0.3 is 0 Å². The number of anilines is 2. The molecule has 2 atom stereocenters. The van der Waals surface area contributed by atoms with E-state index >= 15 is 0 Å². The number of nitrogens with zero attached hydrogens (tertiary/aromatic N) is 4. The molecule has 3 heterocycles. The monoisotopic (exact) mass is 477 g/mol. The number of hydrogen-bond acceptors (Lipinski definition) is 6. The van der Waals surface area contributed by atoms with Crippen LogP contribution in [0.2, 0.25) is 5.02 Å². The molecule has 2 aliphatic heterocycles. The summed E-state index contributed by atoms with van der Waals surface area (Å²) < 4.78 is 0. The number of benzene rings is 2. The molecule has 8 nitrogen and oxygen atoms in total. The Bertz CT molecular complexity index is 1220. The standard InChI is InChI=1S/C25H24ClN5O3/c26-21-3-1-2-4-23(21)29-11-12-30-22-6-5-19(31(33)34)13-18(22)14-20(24(30)16-29)25(32)28-15-17-7-9-27-10-8-17/h1-10,13,20,24H,11-12,14-16H2,(H,28,32)/t20-,24-/m1/s1. The smallest absolute Gasteiger partial charge is 0.269 e. The summed E-state index contributed by atoms with van der Waals surface area (Å²) in [5.74, 6) is -0.424. The molecule has 0 aliphatic carbocycles. The second kappa shape index (κ2) is 9.30. The Labute approximate surface area is 202 Å².